The highest BCUT2D eigenvalue weighted by molar-refractivity contribution is 8.14. The molecule has 4 rings (SSSR count). The number of hydrogen-bond donors (Lipinski definition) is 0. The average Bonchev–Trinajstić information content (AvgIpc) is 2.98. The van der Waals surface area contributed by atoms with E-state index in [1.165, 1.54) is 7.11 Å². The van der Waals surface area contributed by atoms with Crippen LogP contribution in [-0.4, -0.2) is 23.2 Å². The highest BCUT2D eigenvalue weighted by Gasteiger charge is 2.41. The van der Waals surface area contributed by atoms with Crippen LogP contribution in [0.5, 0.6) is 0 Å². The van der Waals surface area contributed by atoms with Gasteiger partial charge in [-0.3, -0.25) is 4.98 Å². The van der Waals surface area contributed by atoms with Crippen molar-refractivity contribution in [3.05, 3.63) is 65.6 Å². The van der Waals surface area contributed by atoms with Crippen LogP contribution in [0.1, 0.15) is 18.5 Å². The van der Waals surface area contributed by atoms with Gasteiger partial charge in [-0.05, 0) is 48.5 Å². The molecule has 0 saturated heterocycles. The molecule has 5 nitrogen and oxygen atoms in total. The number of methoxy groups -OCH3 is 1. The van der Waals surface area contributed by atoms with Gasteiger partial charge in [0, 0.05) is 17.3 Å². The molecule has 2 aliphatic heterocycles. The normalized spacial score (nSPS) is 18.8. The molecule has 1 aromatic heterocycles. The summed E-state index contributed by atoms with van der Waals surface area (Å²) in [7, 11) is 1.40. The molecule has 120 valence electrons. The quantitative estimate of drug-likeness (QED) is 0.785. The monoisotopic (exact) mass is 337 g/mol. The molecule has 24 heavy (non-hydrogen) atoms. The predicted octanol–water partition coefficient (Wildman–Crippen LogP) is 3.55. The van der Waals surface area contributed by atoms with Crippen LogP contribution in [-0.2, 0) is 9.53 Å². The van der Waals surface area contributed by atoms with E-state index in [-0.39, 0.29) is 12.0 Å². The molecule has 0 aliphatic carbocycles. The lowest BCUT2D eigenvalue weighted by Crippen LogP contribution is -2.37. The molecular weight excluding hydrogens is 322 g/mol. The van der Waals surface area contributed by atoms with Crippen molar-refractivity contribution in [3.8, 4) is 0 Å². The maximum Gasteiger partial charge on any atom is 0.338 e. The van der Waals surface area contributed by atoms with Crippen LogP contribution in [0, 0.1) is 0 Å². The third kappa shape index (κ3) is 2.22. The molecule has 0 amide bonds. The number of carbonyl (C=O) groups excluding carboxylic acids is 1. The lowest BCUT2D eigenvalue weighted by molar-refractivity contribution is -0.136. The van der Waals surface area contributed by atoms with Gasteiger partial charge in [0.1, 0.15) is 0 Å². The minimum absolute atomic E-state index is 0.274. The van der Waals surface area contributed by atoms with Crippen molar-refractivity contribution in [2.75, 3.05) is 12.0 Å². The van der Waals surface area contributed by atoms with Gasteiger partial charge < -0.3 is 9.64 Å². The van der Waals surface area contributed by atoms with Crippen LogP contribution in [0.15, 0.2) is 69.9 Å². The summed E-state index contributed by atoms with van der Waals surface area (Å²) in [5.41, 5.74) is 3.28. The SMILES string of the molecule is COC(=O)C1=C(C)N=C2Sc3ccccc3N2C1c1ccncc1. The Labute approximate surface area is 144 Å². The molecule has 6 heteroatoms. The number of esters is 1. The van der Waals surface area contributed by atoms with E-state index in [4.69, 9.17) is 4.74 Å². The Morgan fingerprint density at radius 1 is 1.21 bits per heavy atom. The number of nitrogens with zero attached hydrogens (tertiary/aromatic N) is 3. The van der Waals surface area contributed by atoms with E-state index in [1.807, 2.05) is 31.2 Å². The number of aromatic nitrogens is 1. The van der Waals surface area contributed by atoms with Crippen LogP contribution in [0.3, 0.4) is 0 Å². The third-order valence-electron chi connectivity index (χ3n) is 4.14. The van der Waals surface area contributed by atoms with E-state index < -0.39 is 0 Å². The second-order valence-electron chi connectivity index (χ2n) is 5.51. The van der Waals surface area contributed by atoms with Crippen molar-refractivity contribution in [2.24, 2.45) is 4.99 Å². The molecule has 2 aromatic rings. The van der Waals surface area contributed by atoms with E-state index in [0.717, 1.165) is 21.3 Å². The Kier molecular flexibility index (Phi) is 3.61. The molecule has 0 radical (unpaired) electrons. The maximum absolute atomic E-state index is 12.5. The molecule has 2 aliphatic rings. The first kappa shape index (κ1) is 15.0. The van der Waals surface area contributed by atoms with Crippen molar-refractivity contribution in [3.63, 3.8) is 0 Å². The largest absolute Gasteiger partial charge is 0.466 e. The molecule has 3 heterocycles. The highest BCUT2D eigenvalue weighted by atomic mass is 32.2. The van der Waals surface area contributed by atoms with Crippen molar-refractivity contribution in [2.45, 2.75) is 17.9 Å². The second kappa shape index (κ2) is 5.79. The molecule has 0 N–H and O–H groups in total. The lowest BCUT2D eigenvalue weighted by Gasteiger charge is -2.34. The first-order chi connectivity index (χ1) is 11.7. The molecule has 1 unspecified atom stereocenters. The number of ether oxygens (including phenoxy) is 1. The number of benzene rings is 1. The van der Waals surface area contributed by atoms with Gasteiger partial charge in [-0.15, -0.1) is 0 Å². The van der Waals surface area contributed by atoms with E-state index in [2.05, 4.69) is 27.0 Å². The van der Waals surface area contributed by atoms with E-state index >= 15 is 0 Å². The van der Waals surface area contributed by atoms with Crippen LogP contribution < -0.4 is 4.90 Å². The molecule has 0 spiro atoms. The number of para-hydroxylation sites is 1. The molecule has 1 aromatic carbocycles. The van der Waals surface area contributed by atoms with Crippen LogP contribution >= 0.6 is 11.8 Å². The summed E-state index contributed by atoms with van der Waals surface area (Å²) in [5, 5.41) is 0.878. The molecular formula is C18H15N3O2S. The summed E-state index contributed by atoms with van der Waals surface area (Å²) >= 11 is 1.62. The first-order valence-electron chi connectivity index (χ1n) is 7.54. The smallest absolute Gasteiger partial charge is 0.338 e. The van der Waals surface area contributed by atoms with Crippen molar-refractivity contribution >= 4 is 28.6 Å². The average molecular weight is 337 g/mol. The number of rotatable bonds is 2. The highest BCUT2D eigenvalue weighted by Crippen LogP contribution is 2.49. The van der Waals surface area contributed by atoms with Gasteiger partial charge in [0.25, 0.3) is 0 Å². The summed E-state index contributed by atoms with van der Waals surface area (Å²) < 4.78 is 5.03. The summed E-state index contributed by atoms with van der Waals surface area (Å²) in [6.07, 6.45) is 3.47. The second-order valence-corrected chi connectivity index (χ2v) is 6.52. The van der Waals surface area contributed by atoms with Crippen molar-refractivity contribution < 1.29 is 9.53 Å². The van der Waals surface area contributed by atoms with Gasteiger partial charge in [-0.25, -0.2) is 9.79 Å². The number of fused-ring (bicyclic) bond motifs is 3. The van der Waals surface area contributed by atoms with Crippen LogP contribution in [0.2, 0.25) is 0 Å². The fourth-order valence-corrected chi connectivity index (χ4v) is 4.18. The minimum Gasteiger partial charge on any atom is -0.466 e. The fraction of sp³-hybridized carbons (Fsp3) is 0.167. The maximum atomic E-state index is 12.5. The van der Waals surface area contributed by atoms with Crippen LogP contribution in [0.25, 0.3) is 0 Å². The molecule has 0 bridgehead atoms. The predicted molar refractivity (Wildman–Crippen MR) is 93.9 cm³/mol. The Morgan fingerprint density at radius 3 is 2.71 bits per heavy atom. The van der Waals surface area contributed by atoms with Gasteiger partial charge >= 0.3 is 5.97 Å². The zero-order chi connectivity index (χ0) is 16.7. The zero-order valence-electron chi connectivity index (χ0n) is 13.3. The number of anilines is 1. The number of aliphatic imine (C=N–C) groups is 1. The molecule has 1 atom stereocenters. The number of pyridine rings is 1. The Morgan fingerprint density at radius 2 is 1.96 bits per heavy atom. The zero-order valence-corrected chi connectivity index (χ0v) is 14.1. The Hall–Kier alpha value is -2.60. The number of hydrogen-bond acceptors (Lipinski definition) is 6. The fourth-order valence-electron chi connectivity index (χ4n) is 3.08. The topological polar surface area (TPSA) is 54.8 Å². The van der Waals surface area contributed by atoms with E-state index in [1.54, 1.807) is 24.2 Å². The van der Waals surface area contributed by atoms with Gasteiger partial charge in [0.15, 0.2) is 5.17 Å². The third-order valence-corrected chi connectivity index (χ3v) is 5.18. The number of amidine groups is 1. The van der Waals surface area contributed by atoms with Gasteiger partial charge in [-0.1, -0.05) is 12.1 Å². The Bertz CT molecular complexity index is 877. The number of thioether (sulfide) groups is 1. The number of carbonyl (C=O) groups is 1. The van der Waals surface area contributed by atoms with E-state index in [9.17, 15) is 4.79 Å². The van der Waals surface area contributed by atoms with Gasteiger partial charge in [0.05, 0.1) is 30.1 Å². The van der Waals surface area contributed by atoms with Crippen molar-refractivity contribution in [1.29, 1.82) is 0 Å². The molecule has 0 fully saturated rings. The minimum atomic E-state index is -0.355. The number of allylic oxidation sites excluding steroid dienone is 1. The standard InChI is InChI=1S/C18H15N3O2S/c1-11-15(17(22)23-2)16(12-7-9-19-10-8-12)21-13-5-3-4-6-14(13)24-18(21)20-11/h3-10,16H,1-2H3. The lowest BCUT2D eigenvalue weighted by atomic mass is 9.95. The first-order valence-corrected chi connectivity index (χ1v) is 8.36. The summed E-state index contributed by atoms with van der Waals surface area (Å²) in [4.78, 5) is 24.4. The van der Waals surface area contributed by atoms with E-state index in [0.29, 0.717) is 11.3 Å². The van der Waals surface area contributed by atoms with Gasteiger partial charge in [0.2, 0.25) is 0 Å². The van der Waals surface area contributed by atoms with Crippen molar-refractivity contribution in [1.82, 2.24) is 4.98 Å². The summed E-state index contributed by atoms with van der Waals surface area (Å²) in [6.45, 7) is 1.86. The van der Waals surface area contributed by atoms with Gasteiger partial charge in [-0.2, -0.15) is 0 Å². The summed E-state index contributed by atoms with van der Waals surface area (Å²) in [5.74, 6) is -0.355. The molecule has 0 saturated carbocycles. The Balaban J connectivity index is 1.94. The van der Waals surface area contributed by atoms with Crippen LogP contribution in [0.4, 0.5) is 5.69 Å². The summed E-state index contributed by atoms with van der Waals surface area (Å²) in [6, 6.07) is 11.7.